The van der Waals surface area contributed by atoms with Gasteiger partial charge in [-0.2, -0.15) is 0 Å². The first-order valence-corrected chi connectivity index (χ1v) is 19.9. The third-order valence-corrected chi connectivity index (χ3v) is 11.4. The number of ether oxygens (including phenoxy) is 4. The molecule has 0 aromatic heterocycles. The number of carbonyl (C=O) groups excluding carboxylic acids is 3. The van der Waals surface area contributed by atoms with Gasteiger partial charge in [0, 0.05) is 74.7 Å². The van der Waals surface area contributed by atoms with E-state index in [1.165, 1.54) is 14.2 Å². The van der Waals surface area contributed by atoms with Crippen LogP contribution in [-0.4, -0.2) is 113 Å². The van der Waals surface area contributed by atoms with Gasteiger partial charge in [-0.05, 0) is 87.1 Å². The summed E-state index contributed by atoms with van der Waals surface area (Å²) in [6.07, 6.45) is 8.50. The first-order valence-electron chi connectivity index (χ1n) is 19.9. The van der Waals surface area contributed by atoms with Gasteiger partial charge >= 0.3 is 11.9 Å². The first-order chi connectivity index (χ1) is 27.9. The van der Waals surface area contributed by atoms with Crippen molar-refractivity contribution in [3.05, 3.63) is 92.0 Å². The van der Waals surface area contributed by atoms with Crippen molar-refractivity contribution in [1.29, 1.82) is 0 Å². The Bertz CT molecular complexity index is 2030. The summed E-state index contributed by atoms with van der Waals surface area (Å²) in [5, 5.41) is 17.1. The standard InChI is InChI=1S/C44H58N6O8/c1-10-29-25(2)34-22-38-32(24-51)27(4)33(47-38)21-35-26(3)30(12-13-39(52)57-8)42(48-35)31(20-40(53)58-9)43-41(28(5)36(49-43)23-37(29)46-34)44(54)45-14-11-15-50(16-18-55-6)17-19-56-7/h21-24,26,30,48,51H,10-20H2,1-9H3,(H,45,54). The third-order valence-electron chi connectivity index (χ3n) is 11.4. The molecule has 0 aromatic carbocycles. The molecule has 14 heteroatoms. The number of amides is 1. The third kappa shape index (κ3) is 9.57. The summed E-state index contributed by atoms with van der Waals surface area (Å²) in [5.74, 6) is -1.67. The molecule has 2 atom stereocenters. The molecule has 8 bridgehead atoms. The predicted octanol–water partition coefficient (Wildman–Crippen LogP) is 5.50. The summed E-state index contributed by atoms with van der Waals surface area (Å²) in [4.78, 5) is 57.8. The van der Waals surface area contributed by atoms with Gasteiger partial charge in [-0.1, -0.05) is 13.8 Å². The van der Waals surface area contributed by atoms with E-state index in [0.717, 1.165) is 48.3 Å². The van der Waals surface area contributed by atoms with Crippen molar-refractivity contribution in [3.63, 3.8) is 0 Å². The highest BCUT2D eigenvalue weighted by Crippen LogP contribution is 2.43. The zero-order valence-corrected chi connectivity index (χ0v) is 35.3. The molecule has 58 heavy (non-hydrogen) atoms. The second kappa shape index (κ2) is 20.0. The Kier molecular flexibility index (Phi) is 15.1. The van der Waals surface area contributed by atoms with Crippen LogP contribution in [0.4, 0.5) is 0 Å². The molecule has 0 spiro atoms. The minimum atomic E-state index is -0.511. The number of aliphatic imine (C=N–C) groups is 3. The zero-order chi connectivity index (χ0) is 42.1. The highest BCUT2D eigenvalue weighted by molar-refractivity contribution is 6.32. The SMILES string of the molecule is CCC1=C(C)C2=CC3=NC(=C(C)C3=CO)C=C3NC(=C(CC(=O)OC)C4=NC(=CC1=N2)C(C)=C4C(=O)NCCCN(CCOC)CCOC)C(CCC(=O)OC)C3C. The van der Waals surface area contributed by atoms with Crippen LogP contribution in [0.5, 0.6) is 0 Å². The van der Waals surface area contributed by atoms with Crippen molar-refractivity contribution < 1.29 is 38.4 Å². The molecule has 1 saturated heterocycles. The molecular formula is C44H58N6O8. The molecule has 0 radical (unpaired) electrons. The summed E-state index contributed by atoms with van der Waals surface area (Å²) >= 11 is 0. The van der Waals surface area contributed by atoms with Crippen LogP contribution in [0.2, 0.25) is 0 Å². The normalized spacial score (nSPS) is 21.0. The number of methoxy groups -OCH3 is 4. The van der Waals surface area contributed by atoms with Crippen molar-refractivity contribution in [2.75, 3.05) is 67.8 Å². The molecule has 3 N–H and O–H groups in total. The lowest BCUT2D eigenvalue weighted by Crippen LogP contribution is -2.35. The van der Waals surface area contributed by atoms with E-state index in [9.17, 15) is 19.5 Å². The molecule has 0 aromatic rings. The van der Waals surface area contributed by atoms with Crippen LogP contribution in [0.1, 0.15) is 66.7 Å². The van der Waals surface area contributed by atoms with E-state index in [1.807, 2.05) is 45.9 Å². The number of carbonyl (C=O) groups is 3. The number of allylic oxidation sites excluding steroid dienone is 10. The van der Waals surface area contributed by atoms with Crippen molar-refractivity contribution in [2.45, 2.75) is 66.7 Å². The summed E-state index contributed by atoms with van der Waals surface area (Å²) in [6, 6.07) is 0. The molecule has 312 valence electrons. The minimum absolute atomic E-state index is 0.126. The summed E-state index contributed by atoms with van der Waals surface area (Å²) in [6.45, 7) is 13.7. The largest absolute Gasteiger partial charge is 0.515 e. The lowest BCUT2D eigenvalue weighted by Gasteiger charge is -2.22. The van der Waals surface area contributed by atoms with Crippen molar-refractivity contribution >= 4 is 35.0 Å². The number of hydrogen-bond acceptors (Lipinski definition) is 13. The lowest BCUT2D eigenvalue weighted by atomic mass is 9.84. The fourth-order valence-electron chi connectivity index (χ4n) is 7.92. The van der Waals surface area contributed by atoms with Gasteiger partial charge in [-0.15, -0.1) is 0 Å². The van der Waals surface area contributed by atoms with Gasteiger partial charge in [-0.3, -0.25) is 19.3 Å². The van der Waals surface area contributed by atoms with Crippen LogP contribution >= 0.6 is 0 Å². The molecule has 0 aliphatic carbocycles. The van der Waals surface area contributed by atoms with E-state index >= 15 is 0 Å². The van der Waals surface area contributed by atoms with Crippen molar-refractivity contribution in [3.8, 4) is 0 Å². The molecule has 5 rings (SSSR count). The Morgan fingerprint density at radius 3 is 2.17 bits per heavy atom. The number of nitrogens with zero attached hydrogens (tertiary/aromatic N) is 4. The van der Waals surface area contributed by atoms with Crippen LogP contribution in [0.25, 0.3) is 0 Å². The van der Waals surface area contributed by atoms with Crippen LogP contribution in [0, 0.1) is 11.8 Å². The van der Waals surface area contributed by atoms with Gasteiger partial charge in [0.15, 0.2) is 0 Å². The number of esters is 2. The Hall–Kier alpha value is -5.18. The van der Waals surface area contributed by atoms with E-state index in [1.54, 1.807) is 14.2 Å². The maximum Gasteiger partial charge on any atom is 0.310 e. The lowest BCUT2D eigenvalue weighted by molar-refractivity contribution is -0.141. The number of fused-ring (bicyclic) bond motifs is 5. The van der Waals surface area contributed by atoms with Gasteiger partial charge in [0.05, 0.1) is 79.9 Å². The second-order valence-corrected chi connectivity index (χ2v) is 14.8. The average molecular weight is 799 g/mol. The number of rotatable bonds is 17. The summed E-state index contributed by atoms with van der Waals surface area (Å²) < 4.78 is 20.9. The summed E-state index contributed by atoms with van der Waals surface area (Å²) in [7, 11) is 6.03. The zero-order valence-electron chi connectivity index (χ0n) is 35.3. The molecule has 5 aliphatic rings. The van der Waals surface area contributed by atoms with Gasteiger partial charge in [0.2, 0.25) is 0 Å². The van der Waals surface area contributed by atoms with E-state index in [-0.39, 0.29) is 36.6 Å². The Labute approximate surface area is 341 Å². The van der Waals surface area contributed by atoms with Gasteiger partial charge in [0.25, 0.3) is 5.91 Å². The van der Waals surface area contributed by atoms with E-state index in [4.69, 9.17) is 33.9 Å². The molecule has 5 aliphatic heterocycles. The van der Waals surface area contributed by atoms with Crippen LogP contribution in [0.3, 0.4) is 0 Å². The summed E-state index contributed by atoms with van der Waals surface area (Å²) in [5.41, 5.74) is 9.84. The number of nitrogens with one attached hydrogen (secondary N) is 2. The first kappa shape index (κ1) is 43.9. The molecular weight excluding hydrogens is 741 g/mol. The minimum Gasteiger partial charge on any atom is -0.515 e. The molecule has 2 unspecified atom stereocenters. The topological polar surface area (TPSA) is 173 Å². The van der Waals surface area contributed by atoms with Crippen LogP contribution < -0.4 is 10.6 Å². The number of hydrogen-bond donors (Lipinski definition) is 3. The van der Waals surface area contributed by atoms with E-state index in [0.29, 0.717) is 101 Å². The maximum absolute atomic E-state index is 14.5. The van der Waals surface area contributed by atoms with Crippen molar-refractivity contribution in [1.82, 2.24) is 15.5 Å². The predicted molar refractivity (Wildman–Crippen MR) is 224 cm³/mol. The van der Waals surface area contributed by atoms with Gasteiger partial charge in [0.1, 0.15) is 0 Å². The highest BCUT2D eigenvalue weighted by atomic mass is 16.5. The fraction of sp³-hybridized carbons (Fsp3) is 0.500. The highest BCUT2D eigenvalue weighted by Gasteiger charge is 2.40. The number of aliphatic hydroxyl groups excluding tert-OH is 1. The van der Waals surface area contributed by atoms with E-state index < -0.39 is 5.97 Å². The Morgan fingerprint density at radius 2 is 1.53 bits per heavy atom. The van der Waals surface area contributed by atoms with Crippen LogP contribution in [-0.2, 0) is 33.3 Å². The maximum atomic E-state index is 14.5. The molecule has 1 amide bonds. The quantitative estimate of drug-likeness (QED) is 0.0970. The molecule has 0 saturated carbocycles. The van der Waals surface area contributed by atoms with Gasteiger partial charge in [-0.25, -0.2) is 15.0 Å². The molecule has 5 heterocycles. The molecule has 14 nitrogen and oxygen atoms in total. The molecule has 1 fully saturated rings. The second-order valence-electron chi connectivity index (χ2n) is 14.8. The van der Waals surface area contributed by atoms with E-state index in [2.05, 4.69) is 22.5 Å². The van der Waals surface area contributed by atoms with Crippen molar-refractivity contribution in [2.24, 2.45) is 26.8 Å². The fourth-order valence-corrected chi connectivity index (χ4v) is 7.92. The average Bonchev–Trinajstić information content (AvgIpc) is 3.90. The monoisotopic (exact) mass is 798 g/mol. The van der Waals surface area contributed by atoms with Gasteiger partial charge < -0.3 is 34.7 Å². The number of aliphatic hydroxyl groups is 1. The Morgan fingerprint density at radius 1 is 0.862 bits per heavy atom. The Balaban J connectivity index is 1.69. The smallest absolute Gasteiger partial charge is 0.310 e. The van der Waals surface area contributed by atoms with Crippen LogP contribution in [0.15, 0.2) is 107 Å².